The first kappa shape index (κ1) is 20.0. The molecule has 0 spiro atoms. The zero-order chi connectivity index (χ0) is 19.2. The second-order valence-corrected chi connectivity index (χ2v) is 8.58. The maximum atomic E-state index is 11.9. The molecule has 1 aromatic carbocycles. The molecule has 1 aliphatic heterocycles. The van der Waals surface area contributed by atoms with Crippen molar-refractivity contribution in [1.82, 2.24) is 5.32 Å². The molecule has 0 radical (unpaired) electrons. The monoisotopic (exact) mass is 381 g/mol. The molecular weight excluding hydrogens is 358 g/mol. The summed E-state index contributed by atoms with van der Waals surface area (Å²) in [5.41, 5.74) is -0.0148. The SMILES string of the molecule is CCOc1ccc(/C=C/C(=O)OCC(=O)N[C@]2(C)CCS(=O)(=O)C2)cc1. The van der Waals surface area contributed by atoms with Crippen molar-refractivity contribution in [3.63, 3.8) is 0 Å². The van der Waals surface area contributed by atoms with Gasteiger partial charge in [-0.3, -0.25) is 4.79 Å². The van der Waals surface area contributed by atoms with Crippen LogP contribution in [0.3, 0.4) is 0 Å². The molecule has 0 unspecified atom stereocenters. The van der Waals surface area contributed by atoms with Gasteiger partial charge in [-0.1, -0.05) is 12.1 Å². The number of amides is 1. The fraction of sp³-hybridized carbons (Fsp3) is 0.444. The molecular formula is C18H23NO6S. The molecule has 1 aromatic rings. The Bertz CT molecular complexity index is 784. The Morgan fingerprint density at radius 2 is 1.96 bits per heavy atom. The van der Waals surface area contributed by atoms with Crippen LogP contribution in [0.25, 0.3) is 6.08 Å². The molecule has 8 heteroatoms. The van der Waals surface area contributed by atoms with Crippen LogP contribution in [0, 0.1) is 0 Å². The number of carbonyl (C=O) groups is 2. The minimum Gasteiger partial charge on any atom is -0.494 e. The van der Waals surface area contributed by atoms with Gasteiger partial charge in [0.05, 0.1) is 23.7 Å². The van der Waals surface area contributed by atoms with E-state index < -0.39 is 33.9 Å². The lowest BCUT2D eigenvalue weighted by molar-refractivity contribution is -0.144. The number of carbonyl (C=O) groups excluding carboxylic acids is 2. The highest BCUT2D eigenvalue weighted by Gasteiger charge is 2.39. The molecule has 1 heterocycles. The van der Waals surface area contributed by atoms with E-state index >= 15 is 0 Å². The number of benzene rings is 1. The summed E-state index contributed by atoms with van der Waals surface area (Å²) in [4.78, 5) is 23.6. The summed E-state index contributed by atoms with van der Waals surface area (Å²) in [7, 11) is -3.12. The Hall–Kier alpha value is -2.35. The fourth-order valence-electron chi connectivity index (χ4n) is 2.67. The van der Waals surface area contributed by atoms with Crippen LogP contribution < -0.4 is 10.1 Å². The van der Waals surface area contributed by atoms with Crippen LogP contribution in [0.4, 0.5) is 0 Å². The van der Waals surface area contributed by atoms with E-state index in [4.69, 9.17) is 9.47 Å². The van der Waals surface area contributed by atoms with E-state index in [0.717, 1.165) is 11.3 Å². The van der Waals surface area contributed by atoms with Gasteiger partial charge in [-0.05, 0) is 44.0 Å². The Morgan fingerprint density at radius 1 is 1.27 bits per heavy atom. The van der Waals surface area contributed by atoms with Crippen LogP contribution in [0.2, 0.25) is 0 Å². The van der Waals surface area contributed by atoms with Gasteiger partial charge in [0.2, 0.25) is 0 Å². The molecule has 1 amide bonds. The first-order valence-electron chi connectivity index (χ1n) is 8.30. The van der Waals surface area contributed by atoms with E-state index in [-0.39, 0.29) is 11.5 Å². The molecule has 142 valence electrons. The number of esters is 1. The van der Waals surface area contributed by atoms with Crippen molar-refractivity contribution in [2.45, 2.75) is 25.8 Å². The van der Waals surface area contributed by atoms with Crippen molar-refractivity contribution in [2.75, 3.05) is 24.7 Å². The van der Waals surface area contributed by atoms with E-state index in [1.165, 1.54) is 6.08 Å². The minimum absolute atomic E-state index is 0.0500. The summed E-state index contributed by atoms with van der Waals surface area (Å²) in [6.45, 7) is 3.69. The molecule has 1 atom stereocenters. The maximum absolute atomic E-state index is 11.9. The van der Waals surface area contributed by atoms with Crippen LogP contribution in [0.15, 0.2) is 30.3 Å². The van der Waals surface area contributed by atoms with Crippen LogP contribution in [-0.2, 0) is 24.2 Å². The molecule has 1 saturated heterocycles. The van der Waals surface area contributed by atoms with Gasteiger partial charge in [0.15, 0.2) is 16.4 Å². The molecule has 7 nitrogen and oxygen atoms in total. The molecule has 0 aromatic heterocycles. The van der Waals surface area contributed by atoms with E-state index in [1.807, 2.05) is 6.92 Å². The normalized spacial score (nSPS) is 21.5. The zero-order valence-electron chi connectivity index (χ0n) is 14.9. The van der Waals surface area contributed by atoms with Crippen LogP contribution in [-0.4, -0.2) is 50.6 Å². The molecule has 0 aliphatic carbocycles. The Morgan fingerprint density at radius 3 is 2.54 bits per heavy atom. The van der Waals surface area contributed by atoms with Crippen molar-refractivity contribution < 1.29 is 27.5 Å². The maximum Gasteiger partial charge on any atom is 0.331 e. The highest BCUT2D eigenvalue weighted by molar-refractivity contribution is 7.91. The van der Waals surface area contributed by atoms with Gasteiger partial charge in [0.25, 0.3) is 5.91 Å². The summed E-state index contributed by atoms with van der Waals surface area (Å²) < 4.78 is 33.2. The van der Waals surface area contributed by atoms with Crippen molar-refractivity contribution >= 4 is 27.8 Å². The van der Waals surface area contributed by atoms with Crippen molar-refractivity contribution in [1.29, 1.82) is 0 Å². The molecule has 2 rings (SSSR count). The first-order valence-corrected chi connectivity index (χ1v) is 10.1. The Labute approximate surface area is 153 Å². The molecule has 1 N–H and O–H groups in total. The number of ether oxygens (including phenoxy) is 2. The van der Waals surface area contributed by atoms with E-state index in [0.29, 0.717) is 13.0 Å². The Kier molecular flexibility index (Phi) is 6.42. The largest absolute Gasteiger partial charge is 0.494 e. The van der Waals surface area contributed by atoms with Gasteiger partial charge < -0.3 is 14.8 Å². The van der Waals surface area contributed by atoms with Gasteiger partial charge in [0.1, 0.15) is 5.75 Å². The second kappa shape index (κ2) is 8.35. The van der Waals surface area contributed by atoms with Crippen molar-refractivity contribution in [3.05, 3.63) is 35.9 Å². The van der Waals surface area contributed by atoms with E-state index in [9.17, 15) is 18.0 Å². The van der Waals surface area contributed by atoms with Crippen LogP contribution >= 0.6 is 0 Å². The third-order valence-electron chi connectivity index (χ3n) is 3.89. The predicted octanol–water partition coefficient (Wildman–Crippen LogP) is 1.34. The highest BCUT2D eigenvalue weighted by Crippen LogP contribution is 2.22. The number of rotatable bonds is 7. The molecule has 0 bridgehead atoms. The second-order valence-electron chi connectivity index (χ2n) is 6.39. The lowest BCUT2D eigenvalue weighted by Gasteiger charge is -2.23. The topological polar surface area (TPSA) is 98.8 Å². The summed E-state index contributed by atoms with van der Waals surface area (Å²) in [5, 5.41) is 2.62. The smallest absolute Gasteiger partial charge is 0.331 e. The lowest BCUT2D eigenvalue weighted by atomic mass is 10.0. The standard InChI is InChI=1S/C18H23NO6S/c1-3-24-15-7-4-14(5-8-15)6-9-17(21)25-12-16(20)19-18(2)10-11-26(22,23)13-18/h4-9H,3,10-13H2,1-2H3,(H,19,20)/b9-6+/t18-/m1/s1. The van der Waals surface area contributed by atoms with Crippen LogP contribution in [0.5, 0.6) is 5.75 Å². The quantitative estimate of drug-likeness (QED) is 0.565. The third-order valence-corrected chi connectivity index (χ3v) is 5.80. The van der Waals surface area contributed by atoms with Gasteiger partial charge in [-0.15, -0.1) is 0 Å². The molecule has 0 saturated carbocycles. The molecule has 26 heavy (non-hydrogen) atoms. The number of hydrogen-bond acceptors (Lipinski definition) is 6. The third kappa shape index (κ3) is 6.18. The summed E-state index contributed by atoms with van der Waals surface area (Å²) >= 11 is 0. The Balaban J connectivity index is 1.78. The summed E-state index contributed by atoms with van der Waals surface area (Å²) in [6.07, 6.45) is 3.15. The first-order chi connectivity index (χ1) is 12.2. The summed E-state index contributed by atoms with van der Waals surface area (Å²) in [5.74, 6) is -0.483. The van der Waals surface area contributed by atoms with Gasteiger partial charge in [0, 0.05) is 6.08 Å². The average Bonchev–Trinajstić information content (AvgIpc) is 2.85. The van der Waals surface area contributed by atoms with Crippen molar-refractivity contribution in [2.24, 2.45) is 0 Å². The molecule has 1 fully saturated rings. The van der Waals surface area contributed by atoms with Gasteiger partial charge in [-0.25, -0.2) is 13.2 Å². The van der Waals surface area contributed by atoms with Gasteiger partial charge >= 0.3 is 5.97 Å². The average molecular weight is 381 g/mol. The zero-order valence-corrected chi connectivity index (χ0v) is 15.7. The fourth-order valence-corrected chi connectivity index (χ4v) is 4.77. The number of nitrogens with one attached hydrogen (secondary N) is 1. The lowest BCUT2D eigenvalue weighted by Crippen LogP contribution is -2.48. The molecule has 1 aliphatic rings. The number of hydrogen-bond donors (Lipinski definition) is 1. The van der Waals surface area contributed by atoms with Crippen molar-refractivity contribution in [3.8, 4) is 5.75 Å². The van der Waals surface area contributed by atoms with Gasteiger partial charge in [-0.2, -0.15) is 0 Å². The van der Waals surface area contributed by atoms with Crippen LogP contribution in [0.1, 0.15) is 25.8 Å². The minimum atomic E-state index is -3.12. The van der Waals surface area contributed by atoms with E-state index in [1.54, 1.807) is 37.3 Å². The highest BCUT2D eigenvalue weighted by atomic mass is 32.2. The van der Waals surface area contributed by atoms with E-state index in [2.05, 4.69) is 5.32 Å². The summed E-state index contributed by atoms with van der Waals surface area (Å²) in [6, 6.07) is 7.17. The number of sulfone groups is 1. The predicted molar refractivity (Wildman–Crippen MR) is 97.4 cm³/mol.